The van der Waals surface area contributed by atoms with Crippen LogP contribution >= 0.6 is 0 Å². The van der Waals surface area contributed by atoms with Crippen LogP contribution in [0.1, 0.15) is 5.56 Å². The van der Waals surface area contributed by atoms with E-state index in [1.54, 1.807) is 35.9 Å². The molecule has 0 fully saturated rings. The van der Waals surface area contributed by atoms with Crippen molar-refractivity contribution in [2.75, 3.05) is 7.11 Å². The number of phenols is 1. The summed E-state index contributed by atoms with van der Waals surface area (Å²) in [4.78, 5) is 13.3. The Labute approximate surface area is 171 Å². The summed E-state index contributed by atoms with van der Waals surface area (Å²) in [6.45, 7) is 0.329. The van der Waals surface area contributed by atoms with E-state index in [9.17, 15) is 9.90 Å². The van der Waals surface area contributed by atoms with Gasteiger partial charge in [-0.1, -0.05) is 36.4 Å². The highest BCUT2D eigenvalue weighted by Gasteiger charge is 2.19. The predicted molar refractivity (Wildman–Crippen MR) is 114 cm³/mol. The van der Waals surface area contributed by atoms with Crippen molar-refractivity contribution in [1.82, 2.24) is 19.2 Å². The first-order valence-electron chi connectivity index (χ1n) is 9.45. The number of benzene rings is 3. The summed E-state index contributed by atoms with van der Waals surface area (Å²) in [6.07, 6.45) is 0. The zero-order chi connectivity index (χ0) is 20.7. The van der Waals surface area contributed by atoms with Gasteiger partial charge in [-0.2, -0.15) is 0 Å². The second-order valence-electron chi connectivity index (χ2n) is 6.93. The van der Waals surface area contributed by atoms with Crippen LogP contribution in [0.4, 0.5) is 0 Å². The maximum atomic E-state index is 13.3. The molecule has 0 atom stereocenters. The van der Waals surface area contributed by atoms with Crippen LogP contribution in [0.5, 0.6) is 11.5 Å². The molecule has 0 aliphatic rings. The molecule has 7 nitrogen and oxygen atoms in total. The molecule has 1 N–H and O–H groups in total. The number of hydrogen-bond acceptors (Lipinski definition) is 5. The second-order valence-corrected chi connectivity index (χ2v) is 6.93. The van der Waals surface area contributed by atoms with Gasteiger partial charge in [0.15, 0.2) is 5.82 Å². The molecule has 0 amide bonds. The predicted octanol–water partition coefficient (Wildman–Crippen LogP) is 3.47. The standard InChI is InChI=1S/C23H18N4O3/c1-30-16-12-10-15(11-13-16)14-26-22(29)17-6-2-4-8-19(17)27-21(24-25-23(26)27)18-7-3-5-9-20(18)28/h2-13,28H,14H2,1H3. The Morgan fingerprint density at radius 2 is 1.67 bits per heavy atom. The lowest BCUT2D eigenvalue weighted by atomic mass is 10.1. The average molecular weight is 398 g/mol. The molecule has 5 aromatic rings. The highest BCUT2D eigenvalue weighted by Crippen LogP contribution is 2.29. The number of fused-ring (bicyclic) bond motifs is 3. The number of rotatable bonds is 4. The molecule has 0 bridgehead atoms. The lowest BCUT2D eigenvalue weighted by Crippen LogP contribution is -2.24. The number of phenolic OH excluding ortho intramolecular Hbond substituents is 1. The minimum Gasteiger partial charge on any atom is -0.507 e. The Morgan fingerprint density at radius 1 is 0.933 bits per heavy atom. The highest BCUT2D eigenvalue weighted by atomic mass is 16.5. The van der Waals surface area contributed by atoms with Crippen molar-refractivity contribution in [3.05, 3.63) is 88.7 Å². The van der Waals surface area contributed by atoms with Crippen LogP contribution in [0, 0.1) is 0 Å². The normalized spacial score (nSPS) is 11.2. The van der Waals surface area contributed by atoms with Gasteiger partial charge in [-0.15, -0.1) is 10.2 Å². The van der Waals surface area contributed by atoms with Crippen LogP contribution in [-0.4, -0.2) is 31.4 Å². The fourth-order valence-electron chi connectivity index (χ4n) is 3.65. The first-order chi connectivity index (χ1) is 14.7. The van der Waals surface area contributed by atoms with Gasteiger partial charge < -0.3 is 9.84 Å². The third-order valence-corrected chi connectivity index (χ3v) is 5.15. The van der Waals surface area contributed by atoms with Crippen LogP contribution in [0.15, 0.2) is 77.6 Å². The topological polar surface area (TPSA) is 81.7 Å². The van der Waals surface area contributed by atoms with Crippen LogP contribution in [0.2, 0.25) is 0 Å². The number of ether oxygens (including phenoxy) is 1. The van der Waals surface area contributed by atoms with Crippen molar-refractivity contribution in [1.29, 1.82) is 0 Å². The molecule has 0 aliphatic heterocycles. The zero-order valence-corrected chi connectivity index (χ0v) is 16.2. The molecule has 5 rings (SSSR count). The van der Waals surface area contributed by atoms with E-state index in [4.69, 9.17) is 4.74 Å². The Bertz CT molecular complexity index is 1440. The summed E-state index contributed by atoms with van der Waals surface area (Å²) >= 11 is 0. The van der Waals surface area contributed by atoms with Crippen LogP contribution in [-0.2, 0) is 6.54 Å². The first-order valence-corrected chi connectivity index (χ1v) is 9.45. The van der Waals surface area contributed by atoms with E-state index in [0.717, 1.165) is 11.3 Å². The first kappa shape index (κ1) is 17.9. The molecule has 0 saturated carbocycles. The van der Waals surface area contributed by atoms with Crippen molar-refractivity contribution < 1.29 is 9.84 Å². The maximum Gasteiger partial charge on any atom is 0.263 e. The fraction of sp³-hybridized carbons (Fsp3) is 0.0870. The highest BCUT2D eigenvalue weighted by molar-refractivity contribution is 5.83. The van der Waals surface area contributed by atoms with Crippen molar-refractivity contribution in [2.45, 2.75) is 6.54 Å². The van der Waals surface area contributed by atoms with Gasteiger partial charge in [-0.3, -0.25) is 13.8 Å². The minimum absolute atomic E-state index is 0.101. The Morgan fingerprint density at radius 3 is 2.43 bits per heavy atom. The van der Waals surface area contributed by atoms with Gasteiger partial charge in [0.1, 0.15) is 11.5 Å². The number of nitrogens with zero attached hydrogens (tertiary/aromatic N) is 4. The van der Waals surface area contributed by atoms with E-state index in [2.05, 4.69) is 10.2 Å². The Balaban J connectivity index is 1.79. The SMILES string of the molecule is COc1ccc(Cn2c(=O)c3ccccc3n3c(-c4ccccc4O)nnc23)cc1. The summed E-state index contributed by atoms with van der Waals surface area (Å²) in [5.74, 6) is 1.73. The lowest BCUT2D eigenvalue weighted by molar-refractivity contribution is 0.414. The smallest absolute Gasteiger partial charge is 0.263 e. The zero-order valence-electron chi connectivity index (χ0n) is 16.2. The number of para-hydroxylation sites is 2. The molecule has 0 spiro atoms. The van der Waals surface area contributed by atoms with Gasteiger partial charge >= 0.3 is 0 Å². The number of hydrogen-bond donors (Lipinski definition) is 1. The molecule has 0 unspecified atom stereocenters. The molecule has 30 heavy (non-hydrogen) atoms. The second kappa shape index (κ2) is 7.04. The van der Waals surface area contributed by atoms with Gasteiger partial charge in [-0.05, 0) is 42.0 Å². The van der Waals surface area contributed by atoms with Gasteiger partial charge in [0.25, 0.3) is 5.56 Å². The quantitative estimate of drug-likeness (QED) is 0.501. The third-order valence-electron chi connectivity index (χ3n) is 5.15. The molecule has 0 aliphatic carbocycles. The monoisotopic (exact) mass is 398 g/mol. The Kier molecular flexibility index (Phi) is 4.21. The van der Waals surface area contributed by atoms with Gasteiger partial charge in [-0.25, -0.2) is 0 Å². The summed E-state index contributed by atoms with van der Waals surface area (Å²) in [6, 6.07) is 21.8. The molecular formula is C23H18N4O3. The molecule has 7 heteroatoms. The fourth-order valence-corrected chi connectivity index (χ4v) is 3.65. The van der Waals surface area contributed by atoms with Gasteiger partial charge in [0.05, 0.1) is 30.1 Å². The van der Waals surface area contributed by atoms with E-state index >= 15 is 0 Å². The van der Waals surface area contributed by atoms with E-state index in [1.807, 2.05) is 52.9 Å². The van der Waals surface area contributed by atoms with Crippen molar-refractivity contribution in [2.24, 2.45) is 0 Å². The van der Waals surface area contributed by atoms with Crippen molar-refractivity contribution >= 4 is 16.7 Å². The lowest BCUT2D eigenvalue weighted by Gasteiger charge is -2.12. The van der Waals surface area contributed by atoms with Crippen LogP contribution in [0.25, 0.3) is 28.1 Å². The average Bonchev–Trinajstić information content (AvgIpc) is 3.22. The largest absolute Gasteiger partial charge is 0.507 e. The summed E-state index contributed by atoms with van der Waals surface area (Å²) < 4.78 is 8.63. The van der Waals surface area contributed by atoms with Gasteiger partial charge in [0, 0.05) is 0 Å². The summed E-state index contributed by atoms with van der Waals surface area (Å²) in [5, 5.41) is 19.5. The molecular weight excluding hydrogens is 380 g/mol. The summed E-state index contributed by atoms with van der Waals surface area (Å²) in [5.41, 5.74) is 2.02. The van der Waals surface area contributed by atoms with Crippen molar-refractivity contribution in [3.8, 4) is 22.9 Å². The van der Waals surface area contributed by atoms with Crippen LogP contribution in [0.3, 0.4) is 0 Å². The number of aromatic hydroxyl groups is 1. The van der Waals surface area contributed by atoms with E-state index in [0.29, 0.717) is 34.6 Å². The third kappa shape index (κ3) is 2.79. The molecule has 2 aromatic heterocycles. The minimum atomic E-state index is -0.148. The van der Waals surface area contributed by atoms with E-state index in [1.165, 1.54) is 0 Å². The van der Waals surface area contributed by atoms with E-state index < -0.39 is 0 Å². The van der Waals surface area contributed by atoms with Crippen molar-refractivity contribution in [3.63, 3.8) is 0 Å². The summed E-state index contributed by atoms with van der Waals surface area (Å²) in [7, 11) is 1.61. The van der Waals surface area contributed by atoms with Crippen LogP contribution < -0.4 is 10.3 Å². The number of aromatic nitrogens is 4. The molecule has 2 heterocycles. The molecule has 0 saturated heterocycles. The van der Waals surface area contributed by atoms with Gasteiger partial charge in [0.2, 0.25) is 5.78 Å². The Hall–Kier alpha value is -4.13. The molecule has 0 radical (unpaired) electrons. The number of methoxy groups -OCH3 is 1. The van der Waals surface area contributed by atoms with E-state index in [-0.39, 0.29) is 11.3 Å². The maximum absolute atomic E-state index is 13.3. The molecule has 148 valence electrons. The molecule has 3 aromatic carbocycles.